The molecule has 1 aliphatic rings. The summed E-state index contributed by atoms with van der Waals surface area (Å²) in [6.45, 7) is 3.61. The highest BCUT2D eigenvalue weighted by molar-refractivity contribution is 6.33. The molecule has 0 radical (unpaired) electrons. The molecule has 0 bridgehead atoms. The molecule has 2 N–H and O–H groups in total. The molecule has 1 aromatic carbocycles. The molecule has 76 valence electrons. The van der Waals surface area contributed by atoms with Gasteiger partial charge in [0.2, 0.25) is 0 Å². The van der Waals surface area contributed by atoms with Crippen molar-refractivity contribution in [3.63, 3.8) is 0 Å². The van der Waals surface area contributed by atoms with Crippen molar-refractivity contribution in [1.29, 1.82) is 0 Å². The van der Waals surface area contributed by atoms with Gasteiger partial charge in [-0.05, 0) is 49.4 Å². The number of phenols is 1. The molecule has 2 nitrogen and oxygen atoms in total. The third-order valence-electron chi connectivity index (χ3n) is 2.90. The average Bonchev–Trinajstić information content (AvgIpc) is 2.87. The SMILES string of the molecule is Cc1cc(C2(O)CC2)c(C)c(Cl)c1O. The lowest BCUT2D eigenvalue weighted by Gasteiger charge is -2.15. The van der Waals surface area contributed by atoms with E-state index in [1.807, 2.05) is 13.0 Å². The number of rotatable bonds is 1. The summed E-state index contributed by atoms with van der Waals surface area (Å²) in [7, 11) is 0. The molecule has 2 rings (SSSR count). The lowest BCUT2D eigenvalue weighted by molar-refractivity contribution is 0.150. The molecular weight excluding hydrogens is 200 g/mol. The van der Waals surface area contributed by atoms with Gasteiger partial charge >= 0.3 is 0 Å². The zero-order valence-electron chi connectivity index (χ0n) is 8.26. The number of halogens is 1. The van der Waals surface area contributed by atoms with E-state index in [0.29, 0.717) is 5.02 Å². The van der Waals surface area contributed by atoms with E-state index in [2.05, 4.69) is 0 Å². The Hall–Kier alpha value is -0.730. The van der Waals surface area contributed by atoms with Crippen LogP contribution in [0.15, 0.2) is 6.07 Å². The molecule has 0 spiro atoms. The molecule has 0 saturated heterocycles. The zero-order valence-corrected chi connectivity index (χ0v) is 9.02. The van der Waals surface area contributed by atoms with Crippen LogP contribution < -0.4 is 0 Å². The van der Waals surface area contributed by atoms with Crippen molar-refractivity contribution < 1.29 is 10.2 Å². The lowest BCUT2D eigenvalue weighted by atomic mass is 9.98. The largest absolute Gasteiger partial charge is 0.506 e. The molecule has 1 aliphatic carbocycles. The highest BCUT2D eigenvalue weighted by Gasteiger charge is 2.43. The first-order valence-electron chi connectivity index (χ1n) is 4.67. The van der Waals surface area contributed by atoms with E-state index in [1.165, 1.54) is 0 Å². The molecular formula is C11H13ClO2. The Labute approximate surface area is 88.1 Å². The van der Waals surface area contributed by atoms with Crippen LogP contribution in [0.3, 0.4) is 0 Å². The fraction of sp³-hybridized carbons (Fsp3) is 0.455. The minimum Gasteiger partial charge on any atom is -0.506 e. The molecule has 0 atom stereocenters. The smallest absolute Gasteiger partial charge is 0.137 e. The standard InChI is InChI=1S/C11H13ClO2/c1-6-5-8(11(14)3-4-11)7(2)9(12)10(6)13/h5,13-14H,3-4H2,1-2H3. The van der Waals surface area contributed by atoms with Crippen molar-refractivity contribution in [3.05, 3.63) is 27.8 Å². The number of aliphatic hydroxyl groups is 1. The maximum absolute atomic E-state index is 9.98. The maximum Gasteiger partial charge on any atom is 0.137 e. The summed E-state index contributed by atoms with van der Waals surface area (Å²) in [5, 5.41) is 19.9. The highest BCUT2D eigenvalue weighted by atomic mass is 35.5. The van der Waals surface area contributed by atoms with Crippen LogP contribution in [0.4, 0.5) is 0 Å². The van der Waals surface area contributed by atoms with E-state index in [9.17, 15) is 10.2 Å². The van der Waals surface area contributed by atoms with Gasteiger partial charge in [0, 0.05) is 0 Å². The van der Waals surface area contributed by atoms with Gasteiger partial charge in [0.05, 0.1) is 10.6 Å². The van der Waals surface area contributed by atoms with Gasteiger partial charge < -0.3 is 10.2 Å². The topological polar surface area (TPSA) is 40.5 Å². The molecule has 0 aliphatic heterocycles. The van der Waals surface area contributed by atoms with Gasteiger partial charge in [0.1, 0.15) is 5.75 Å². The van der Waals surface area contributed by atoms with E-state index in [1.54, 1.807) is 6.92 Å². The Morgan fingerprint density at radius 1 is 1.36 bits per heavy atom. The van der Waals surface area contributed by atoms with E-state index >= 15 is 0 Å². The van der Waals surface area contributed by atoms with Gasteiger partial charge in [-0.3, -0.25) is 0 Å². The highest BCUT2D eigenvalue weighted by Crippen LogP contribution is 2.49. The van der Waals surface area contributed by atoms with E-state index in [4.69, 9.17) is 11.6 Å². The number of benzene rings is 1. The second-order valence-corrected chi connectivity index (χ2v) is 4.44. The molecule has 1 fully saturated rings. The summed E-state index contributed by atoms with van der Waals surface area (Å²) in [5.74, 6) is 0.122. The predicted molar refractivity (Wildman–Crippen MR) is 55.7 cm³/mol. The first-order valence-corrected chi connectivity index (χ1v) is 5.05. The first-order chi connectivity index (χ1) is 6.46. The second kappa shape index (κ2) is 2.88. The Kier molecular flexibility index (Phi) is 2.02. The van der Waals surface area contributed by atoms with Crippen LogP contribution in [0.1, 0.15) is 29.5 Å². The van der Waals surface area contributed by atoms with Crippen LogP contribution in [0.25, 0.3) is 0 Å². The number of phenolic OH excluding ortho intramolecular Hbond substituents is 1. The van der Waals surface area contributed by atoms with E-state index in [-0.39, 0.29) is 5.75 Å². The minimum absolute atomic E-state index is 0.122. The predicted octanol–water partition coefficient (Wildman–Crippen LogP) is 2.64. The van der Waals surface area contributed by atoms with Crippen LogP contribution in [-0.4, -0.2) is 10.2 Å². The van der Waals surface area contributed by atoms with Gasteiger partial charge in [0.25, 0.3) is 0 Å². The van der Waals surface area contributed by atoms with Crippen molar-refractivity contribution in [3.8, 4) is 5.75 Å². The summed E-state index contributed by atoms with van der Waals surface area (Å²) in [5.41, 5.74) is 1.68. The van der Waals surface area contributed by atoms with Gasteiger partial charge in [-0.1, -0.05) is 11.6 Å². The van der Waals surface area contributed by atoms with Gasteiger partial charge in [-0.25, -0.2) is 0 Å². The van der Waals surface area contributed by atoms with Crippen molar-refractivity contribution in [1.82, 2.24) is 0 Å². The molecule has 1 aromatic rings. The van der Waals surface area contributed by atoms with Crippen LogP contribution in [0.5, 0.6) is 5.75 Å². The zero-order chi connectivity index (χ0) is 10.5. The van der Waals surface area contributed by atoms with Crippen LogP contribution in [-0.2, 0) is 5.60 Å². The number of hydrogen-bond acceptors (Lipinski definition) is 2. The number of aromatic hydroxyl groups is 1. The Morgan fingerprint density at radius 2 is 1.93 bits per heavy atom. The van der Waals surface area contributed by atoms with Gasteiger partial charge in [0.15, 0.2) is 0 Å². The Bertz CT molecular complexity index is 395. The third kappa shape index (κ3) is 1.30. The summed E-state index contributed by atoms with van der Waals surface area (Å²) in [6, 6.07) is 1.82. The summed E-state index contributed by atoms with van der Waals surface area (Å²) in [4.78, 5) is 0. The molecule has 0 heterocycles. The molecule has 0 aromatic heterocycles. The fourth-order valence-electron chi connectivity index (χ4n) is 1.73. The van der Waals surface area contributed by atoms with Crippen molar-refractivity contribution >= 4 is 11.6 Å². The second-order valence-electron chi connectivity index (χ2n) is 4.06. The minimum atomic E-state index is -0.688. The van der Waals surface area contributed by atoms with Crippen LogP contribution >= 0.6 is 11.6 Å². The normalized spacial score (nSPS) is 18.3. The van der Waals surface area contributed by atoms with Crippen LogP contribution in [0, 0.1) is 13.8 Å². The summed E-state index contributed by atoms with van der Waals surface area (Å²) >= 11 is 5.96. The van der Waals surface area contributed by atoms with Gasteiger partial charge in [-0.2, -0.15) is 0 Å². The molecule has 0 unspecified atom stereocenters. The van der Waals surface area contributed by atoms with Gasteiger partial charge in [-0.15, -0.1) is 0 Å². The number of hydrogen-bond donors (Lipinski definition) is 2. The quantitative estimate of drug-likeness (QED) is 0.752. The molecule has 0 amide bonds. The molecule has 1 saturated carbocycles. The van der Waals surface area contributed by atoms with Crippen molar-refractivity contribution in [2.45, 2.75) is 32.3 Å². The van der Waals surface area contributed by atoms with Crippen LogP contribution in [0.2, 0.25) is 5.02 Å². The van der Waals surface area contributed by atoms with Crippen molar-refractivity contribution in [2.24, 2.45) is 0 Å². The lowest BCUT2D eigenvalue weighted by Crippen LogP contribution is -2.07. The summed E-state index contributed by atoms with van der Waals surface area (Å²) in [6.07, 6.45) is 1.57. The molecule has 3 heteroatoms. The average molecular weight is 213 g/mol. The van der Waals surface area contributed by atoms with Crippen molar-refractivity contribution in [2.75, 3.05) is 0 Å². The number of aryl methyl sites for hydroxylation is 1. The third-order valence-corrected chi connectivity index (χ3v) is 3.36. The Balaban J connectivity index is 2.62. The van der Waals surface area contributed by atoms with E-state index < -0.39 is 5.60 Å². The first kappa shape index (κ1) is 9.81. The fourth-order valence-corrected chi connectivity index (χ4v) is 1.98. The Morgan fingerprint density at radius 3 is 2.43 bits per heavy atom. The monoisotopic (exact) mass is 212 g/mol. The van der Waals surface area contributed by atoms with E-state index in [0.717, 1.165) is 29.5 Å². The molecule has 14 heavy (non-hydrogen) atoms. The maximum atomic E-state index is 9.98. The summed E-state index contributed by atoms with van der Waals surface area (Å²) < 4.78 is 0.